The van der Waals surface area contributed by atoms with Gasteiger partial charge in [0.2, 0.25) is 0 Å². The summed E-state index contributed by atoms with van der Waals surface area (Å²) in [5.41, 5.74) is 4.47. The first-order chi connectivity index (χ1) is 13.7. The summed E-state index contributed by atoms with van der Waals surface area (Å²) in [6.45, 7) is 0. The predicted octanol–water partition coefficient (Wildman–Crippen LogP) is 6.51. The number of carbonyl (C=O) groups excluding carboxylic acids is 1. The Hall–Kier alpha value is -3.38. The maximum absolute atomic E-state index is 12.4. The van der Waals surface area contributed by atoms with Gasteiger partial charge in [-0.3, -0.25) is 4.79 Å². The molecule has 134 valence electrons. The number of nitrogens with one attached hydrogen (secondary N) is 1. The van der Waals surface area contributed by atoms with Crippen LogP contribution in [0.2, 0.25) is 0 Å². The molecule has 1 heterocycles. The van der Waals surface area contributed by atoms with Crippen molar-refractivity contribution in [3.05, 3.63) is 82.8 Å². The van der Waals surface area contributed by atoms with Gasteiger partial charge in [0.05, 0.1) is 22.4 Å². The Bertz CT molecular complexity index is 1340. The quantitative estimate of drug-likeness (QED) is 0.325. The number of aromatic nitrogens is 2. The van der Waals surface area contributed by atoms with Crippen LogP contribution in [0.25, 0.3) is 33.2 Å². The minimum atomic E-state index is -0.389. The van der Waals surface area contributed by atoms with E-state index >= 15 is 0 Å². The van der Waals surface area contributed by atoms with Gasteiger partial charge in [-0.2, -0.15) is 0 Å². The summed E-state index contributed by atoms with van der Waals surface area (Å²) in [5.74, 6) is -0.389. The van der Waals surface area contributed by atoms with Crippen LogP contribution in [0, 0.1) is 0 Å². The second-order valence-electron chi connectivity index (χ2n) is 6.38. The fourth-order valence-electron chi connectivity index (χ4n) is 3.29. The Balaban J connectivity index is 1.68. The molecule has 0 bridgehead atoms. The lowest BCUT2D eigenvalue weighted by atomic mass is 10.2. The van der Waals surface area contributed by atoms with Crippen LogP contribution in [0.5, 0.6) is 0 Å². The largest absolute Gasteiger partial charge is 0.350 e. The standard InChI is InChI=1S/C22H13BrN4O/c23-14-11-9-13(10-12-14)22(28)27-26-20-16-6-2-1-5-15(16)19-21(20)25-18-8-4-3-7-17(18)24-19/h1-12,25H. The Morgan fingerprint density at radius 1 is 0.893 bits per heavy atom. The Labute approximate surface area is 168 Å². The first-order valence-corrected chi connectivity index (χ1v) is 9.51. The van der Waals surface area contributed by atoms with Crippen LogP contribution in [0.4, 0.5) is 5.69 Å². The van der Waals surface area contributed by atoms with Crippen molar-refractivity contribution in [1.82, 2.24) is 9.97 Å². The zero-order chi connectivity index (χ0) is 19.1. The van der Waals surface area contributed by atoms with Gasteiger partial charge in [0, 0.05) is 20.8 Å². The second kappa shape index (κ2) is 6.65. The Morgan fingerprint density at radius 2 is 1.61 bits per heavy atom. The number of amides is 1. The zero-order valence-corrected chi connectivity index (χ0v) is 16.1. The summed E-state index contributed by atoms with van der Waals surface area (Å²) in [4.78, 5) is 20.6. The molecular weight excluding hydrogens is 416 g/mol. The van der Waals surface area contributed by atoms with E-state index < -0.39 is 0 Å². The fraction of sp³-hybridized carbons (Fsp3) is 0. The summed E-state index contributed by atoms with van der Waals surface area (Å²) >= 11 is 3.36. The van der Waals surface area contributed by atoms with Crippen molar-refractivity contribution >= 4 is 49.3 Å². The molecule has 0 saturated heterocycles. The topological polar surface area (TPSA) is 70.5 Å². The number of fused-ring (bicyclic) bond motifs is 4. The van der Waals surface area contributed by atoms with Crippen molar-refractivity contribution in [2.45, 2.75) is 0 Å². The SMILES string of the molecule is O=C(N=Nc1c2[nH]c3ccccc3nc-2c2ccccc12)c1ccc(Br)cc1. The van der Waals surface area contributed by atoms with Crippen molar-refractivity contribution in [3.63, 3.8) is 0 Å². The van der Waals surface area contributed by atoms with Crippen LogP contribution < -0.4 is 0 Å². The van der Waals surface area contributed by atoms with Gasteiger partial charge in [-0.1, -0.05) is 52.3 Å². The minimum absolute atomic E-state index is 0.389. The van der Waals surface area contributed by atoms with Crippen LogP contribution in [-0.2, 0) is 0 Å². The number of benzene rings is 3. The van der Waals surface area contributed by atoms with Crippen LogP contribution in [-0.4, -0.2) is 15.9 Å². The fourth-order valence-corrected chi connectivity index (χ4v) is 3.56. The highest BCUT2D eigenvalue weighted by Gasteiger charge is 2.20. The lowest BCUT2D eigenvalue weighted by Crippen LogP contribution is -1.93. The second-order valence-corrected chi connectivity index (χ2v) is 7.30. The maximum Gasteiger partial charge on any atom is 0.295 e. The van der Waals surface area contributed by atoms with Gasteiger partial charge in [-0.15, -0.1) is 10.2 Å². The van der Waals surface area contributed by atoms with E-state index in [4.69, 9.17) is 4.98 Å². The Morgan fingerprint density at radius 3 is 2.43 bits per heavy atom. The van der Waals surface area contributed by atoms with Crippen LogP contribution in [0.15, 0.2) is 87.5 Å². The maximum atomic E-state index is 12.4. The van der Waals surface area contributed by atoms with E-state index in [0.717, 1.165) is 37.7 Å². The normalized spacial score (nSPS) is 11.8. The summed E-state index contributed by atoms with van der Waals surface area (Å²) in [5, 5.41) is 10.2. The zero-order valence-electron chi connectivity index (χ0n) is 14.6. The van der Waals surface area contributed by atoms with Gasteiger partial charge in [0.15, 0.2) is 0 Å². The van der Waals surface area contributed by atoms with E-state index in [9.17, 15) is 4.79 Å². The number of nitrogens with zero attached hydrogens (tertiary/aromatic N) is 3. The summed E-state index contributed by atoms with van der Waals surface area (Å²) in [7, 11) is 0. The van der Waals surface area contributed by atoms with E-state index in [1.807, 2.05) is 48.5 Å². The molecule has 28 heavy (non-hydrogen) atoms. The highest BCUT2D eigenvalue weighted by molar-refractivity contribution is 9.10. The third-order valence-electron chi connectivity index (χ3n) is 4.64. The molecule has 0 atom stereocenters. The number of halogens is 1. The molecule has 1 N–H and O–H groups in total. The molecule has 1 aliphatic heterocycles. The molecule has 0 radical (unpaired) electrons. The van der Waals surface area contributed by atoms with Gasteiger partial charge >= 0.3 is 0 Å². The molecule has 0 unspecified atom stereocenters. The number of carbonyl (C=O) groups is 1. The molecule has 0 fully saturated rings. The van der Waals surface area contributed by atoms with Gasteiger partial charge in [0.25, 0.3) is 5.91 Å². The predicted molar refractivity (Wildman–Crippen MR) is 113 cm³/mol. The van der Waals surface area contributed by atoms with Crippen molar-refractivity contribution in [3.8, 4) is 11.4 Å². The summed E-state index contributed by atoms with van der Waals surface area (Å²) < 4.78 is 0.904. The van der Waals surface area contributed by atoms with Gasteiger partial charge < -0.3 is 4.98 Å². The lowest BCUT2D eigenvalue weighted by Gasteiger charge is -2.04. The van der Waals surface area contributed by atoms with Crippen LogP contribution in [0.3, 0.4) is 0 Å². The van der Waals surface area contributed by atoms with E-state index in [2.05, 4.69) is 31.1 Å². The van der Waals surface area contributed by atoms with Crippen molar-refractivity contribution in [2.24, 2.45) is 10.2 Å². The van der Waals surface area contributed by atoms with E-state index in [1.54, 1.807) is 24.3 Å². The summed E-state index contributed by atoms with van der Waals surface area (Å²) in [6.07, 6.45) is 0. The number of hydrogen-bond acceptors (Lipinski definition) is 3. The molecule has 2 aliphatic rings. The smallest absolute Gasteiger partial charge is 0.295 e. The third-order valence-corrected chi connectivity index (χ3v) is 5.17. The number of para-hydroxylation sites is 2. The van der Waals surface area contributed by atoms with E-state index in [-0.39, 0.29) is 5.91 Å². The first kappa shape index (κ1) is 16.8. The van der Waals surface area contributed by atoms with Gasteiger partial charge in [-0.25, -0.2) is 4.98 Å². The molecule has 5 nitrogen and oxygen atoms in total. The molecule has 3 aromatic rings. The molecule has 1 amide bonds. The molecule has 0 saturated carbocycles. The number of rotatable bonds is 2. The van der Waals surface area contributed by atoms with E-state index in [1.165, 1.54) is 0 Å². The lowest BCUT2D eigenvalue weighted by molar-refractivity contribution is 0.0995. The average molecular weight is 429 g/mol. The molecule has 6 heteroatoms. The van der Waals surface area contributed by atoms with Crippen molar-refractivity contribution in [1.29, 1.82) is 0 Å². The molecule has 5 rings (SSSR count). The van der Waals surface area contributed by atoms with E-state index in [0.29, 0.717) is 11.3 Å². The van der Waals surface area contributed by atoms with Crippen molar-refractivity contribution < 1.29 is 4.79 Å². The number of aromatic amines is 1. The highest BCUT2D eigenvalue weighted by atomic mass is 79.9. The van der Waals surface area contributed by atoms with Gasteiger partial charge in [0.1, 0.15) is 5.69 Å². The third kappa shape index (κ3) is 2.78. The molecule has 3 aromatic carbocycles. The van der Waals surface area contributed by atoms with Crippen molar-refractivity contribution in [2.75, 3.05) is 0 Å². The number of hydrogen-bond donors (Lipinski definition) is 1. The molecule has 0 spiro atoms. The average Bonchev–Trinajstić information content (AvgIpc) is 3.03. The Kier molecular flexibility index (Phi) is 3.98. The highest BCUT2D eigenvalue weighted by Crippen LogP contribution is 2.43. The molecular formula is C22H13BrN4O. The monoisotopic (exact) mass is 428 g/mol. The minimum Gasteiger partial charge on any atom is -0.350 e. The number of H-pyrrole nitrogens is 1. The summed E-state index contributed by atoms with van der Waals surface area (Å²) in [6, 6.07) is 22.8. The molecule has 0 aromatic heterocycles. The van der Waals surface area contributed by atoms with Gasteiger partial charge in [-0.05, 0) is 36.4 Å². The first-order valence-electron chi connectivity index (χ1n) is 8.71. The molecule has 1 aliphatic carbocycles. The number of azo groups is 1. The van der Waals surface area contributed by atoms with Crippen LogP contribution in [0.1, 0.15) is 10.4 Å². The van der Waals surface area contributed by atoms with Crippen LogP contribution >= 0.6 is 15.9 Å².